The number of para-hydroxylation sites is 1. The Labute approximate surface area is 127 Å². The van der Waals surface area contributed by atoms with E-state index in [-0.39, 0.29) is 18.1 Å². The van der Waals surface area contributed by atoms with E-state index < -0.39 is 5.82 Å². The second-order valence-electron chi connectivity index (χ2n) is 5.11. The molecule has 1 heterocycles. The third-order valence-corrected chi connectivity index (χ3v) is 4.08. The number of hydrogen-bond acceptors (Lipinski definition) is 2. The van der Waals surface area contributed by atoms with Gasteiger partial charge in [-0.25, -0.2) is 4.39 Å². The van der Waals surface area contributed by atoms with Gasteiger partial charge in [-0.3, -0.25) is 4.79 Å². The number of rotatable bonds is 3. The van der Waals surface area contributed by atoms with Crippen molar-refractivity contribution in [3.05, 3.63) is 64.4 Å². The van der Waals surface area contributed by atoms with Gasteiger partial charge in [0.25, 0.3) is 0 Å². The van der Waals surface area contributed by atoms with E-state index in [0.29, 0.717) is 23.6 Å². The fourth-order valence-electron chi connectivity index (χ4n) is 2.65. The highest BCUT2D eigenvalue weighted by Gasteiger charge is 2.27. The predicted octanol–water partition coefficient (Wildman–Crippen LogP) is 4.16. The van der Waals surface area contributed by atoms with Gasteiger partial charge in [0.15, 0.2) is 0 Å². The van der Waals surface area contributed by atoms with Gasteiger partial charge in [0.05, 0.1) is 6.61 Å². The van der Waals surface area contributed by atoms with Crippen molar-refractivity contribution < 1.29 is 13.9 Å². The van der Waals surface area contributed by atoms with E-state index in [4.69, 9.17) is 16.3 Å². The summed E-state index contributed by atoms with van der Waals surface area (Å²) in [5.74, 6) is 0.273. The van der Waals surface area contributed by atoms with Crippen LogP contribution in [0, 0.1) is 5.82 Å². The summed E-state index contributed by atoms with van der Waals surface area (Å²) in [6.07, 6.45) is 0.868. The quantitative estimate of drug-likeness (QED) is 0.851. The molecule has 0 saturated heterocycles. The minimum Gasteiger partial charge on any atom is -0.493 e. The smallest absolute Gasteiger partial charge is 0.145 e. The Morgan fingerprint density at radius 1 is 1.29 bits per heavy atom. The molecule has 0 saturated carbocycles. The average Bonchev–Trinajstić information content (AvgIpc) is 2.49. The van der Waals surface area contributed by atoms with E-state index >= 15 is 0 Å². The maximum atomic E-state index is 13.1. The van der Waals surface area contributed by atoms with Crippen LogP contribution in [-0.2, 0) is 11.2 Å². The molecule has 1 aliphatic heterocycles. The van der Waals surface area contributed by atoms with E-state index in [0.717, 1.165) is 11.3 Å². The highest BCUT2D eigenvalue weighted by atomic mass is 35.5. The van der Waals surface area contributed by atoms with Gasteiger partial charge in [-0.15, -0.1) is 0 Å². The number of benzene rings is 2. The van der Waals surface area contributed by atoms with Crippen molar-refractivity contribution in [2.24, 2.45) is 0 Å². The van der Waals surface area contributed by atoms with Crippen LogP contribution in [0.5, 0.6) is 5.75 Å². The van der Waals surface area contributed by atoms with Crippen LogP contribution in [0.3, 0.4) is 0 Å². The van der Waals surface area contributed by atoms with E-state index in [1.165, 1.54) is 12.1 Å². The molecule has 1 unspecified atom stereocenters. The van der Waals surface area contributed by atoms with Gasteiger partial charge in [0.2, 0.25) is 0 Å². The molecule has 1 aliphatic rings. The Bertz CT molecular complexity index is 684. The summed E-state index contributed by atoms with van der Waals surface area (Å²) in [5, 5.41) is 0.295. The molecular weight excluding hydrogens is 291 g/mol. The van der Waals surface area contributed by atoms with E-state index in [1.807, 2.05) is 24.3 Å². The second kappa shape index (κ2) is 5.86. The minimum absolute atomic E-state index is 0.0826. The standard InChI is InChI=1S/C17H14ClFO2/c18-15-10-12(19)6-5-11(15)9-16(20)13-7-8-21-17-4-2-1-3-14(13)17/h1-6,10,13H,7-9H2. The summed E-state index contributed by atoms with van der Waals surface area (Å²) in [4.78, 5) is 12.6. The fraction of sp³-hybridized carbons (Fsp3) is 0.235. The topological polar surface area (TPSA) is 26.3 Å². The molecule has 2 aromatic rings. The molecule has 0 aliphatic carbocycles. The summed E-state index contributed by atoms with van der Waals surface area (Å²) in [5.41, 5.74) is 1.58. The monoisotopic (exact) mass is 304 g/mol. The van der Waals surface area contributed by atoms with Crippen LogP contribution in [0.2, 0.25) is 5.02 Å². The largest absolute Gasteiger partial charge is 0.493 e. The first kappa shape index (κ1) is 14.1. The third-order valence-electron chi connectivity index (χ3n) is 3.73. The van der Waals surface area contributed by atoms with Crippen LogP contribution in [0.15, 0.2) is 42.5 Å². The summed E-state index contributed by atoms with van der Waals surface area (Å²) in [6, 6.07) is 11.7. The number of hydrogen-bond donors (Lipinski definition) is 0. The van der Waals surface area contributed by atoms with Crippen molar-refractivity contribution in [1.29, 1.82) is 0 Å². The van der Waals surface area contributed by atoms with Crippen LogP contribution < -0.4 is 4.74 Å². The Kier molecular flexibility index (Phi) is 3.93. The number of Topliss-reactive ketones (excluding diaryl/α,β-unsaturated/α-hetero) is 1. The van der Waals surface area contributed by atoms with E-state index in [1.54, 1.807) is 6.07 Å². The zero-order chi connectivity index (χ0) is 14.8. The predicted molar refractivity (Wildman–Crippen MR) is 79.4 cm³/mol. The Balaban J connectivity index is 1.83. The molecule has 0 N–H and O–H groups in total. The summed E-state index contributed by atoms with van der Waals surface area (Å²) in [7, 11) is 0. The first-order valence-corrected chi connectivity index (χ1v) is 7.21. The van der Waals surface area contributed by atoms with Gasteiger partial charge < -0.3 is 4.74 Å². The molecule has 0 aromatic heterocycles. The zero-order valence-corrected chi connectivity index (χ0v) is 12.1. The summed E-state index contributed by atoms with van der Waals surface area (Å²) >= 11 is 6.00. The normalized spacial score (nSPS) is 17.0. The molecule has 2 nitrogen and oxygen atoms in total. The van der Waals surface area contributed by atoms with Crippen molar-refractivity contribution in [2.75, 3.05) is 6.61 Å². The van der Waals surface area contributed by atoms with Gasteiger partial charge >= 0.3 is 0 Å². The van der Waals surface area contributed by atoms with Gasteiger partial charge in [-0.1, -0.05) is 35.9 Å². The van der Waals surface area contributed by atoms with Crippen molar-refractivity contribution in [1.82, 2.24) is 0 Å². The van der Waals surface area contributed by atoms with Crippen LogP contribution in [0.1, 0.15) is 23.5 Å². The Hall–Kier alpha value is -1.87. The van der Waals surface area contributed by atoms with Crippen LogP contribution in [0.25, 0.3) is 0 Å². The molecule has 21 heavy (non-hydrogen) atoms. The van der Waals surface area contributed by atoms with E-state index in [9.17, 15) is 9.18 Å². The molecule has 0 radical (unpaired) electrons. The van der Waals surface area contributed by atoms with Gasteiger partial charge in [0.1, 0.15) is 17.3 Å². The molecule has 0 spiro atoms. The lowest BCUT2D eigenvalue weighted by Crippen LogP contribution is -2.22. The van der Waals surface area contributed by atoms with Crippen molar-refractivity contribution in [3.8, 4) is 5.75 Å². The molecule has 0 bridgehead atoms. The molecule has 0 fully saturated rings. The minimum atomic E-state index is -0.396. The number of carbonyl (C=O) groups is 1. The fourth-order valence-corrected chi connectivity index (χ4v) is 2.89. The molecule has 2 aromatic carbocycles. The molecule has 3 rings (SSSR count). The van der Waals surface area contributed by atoms with Gasteiger partial charge in [-0.05, 0) is 30.2 Å². The van der Waals surface area contributed by atoms with E-state index in [2.05, 4.69) is 0 Å². The lowest BCUT2D eigenvalue weighted by atomic mass is 9.87. The van der Waals surface area contributed by atoms with Crippen LogP contribution in [0.4, 0.5) is 4.39 Å². The number of ether oxygens (including phenoxy) is 1. The lowest BCUT2D eigenvalue weighted by Gasteiger charge is -2.25. The molecule has 4 heteroatoms. The zero-order valence-electron chi connectivity index (χ0n) is 11.3. The number of fused-ring (bicyclic) bond motifs is 1. The highest BCUT2D eigenvalue weighted by Crippen LogP contribution is 2.35. The SMILES string of the molecule is O=C(Cc1ccc(F)cc1Cl)C1CCOc2ccccc21. The maximum absolute atomic E-state index is 13.1. The maximum Gasteiger partial charge on any atom is 0.145 e. The Morgan fingerprint density at radius 3 is 2.90 bits per heavy atom. The second-order valence-corrected chi connectivity index (χ2v) is 5.51. The first-order chi connectivity index (χ1) is 10.1. The van der Waals surface area contributed by atoms with Gasteiger partial charge in [-0.2, -0.15) is 0 Å². The average molecular weight is 305 g/mol. The lowest BCUT2D eigenvalue weighted by molar-refractivity contribution is -0.120. The molecule has 108 valence electrons. The Morgan fingerprint density at radius 2 is 2.10 bits per heavy atom. The van der Waals surface area contributed by atoms with Crippen LogP contribution >= 0.6 is 11.6 Å². The van der Waals surface area contributed by atoms with Crippen LogP contribution in [-0.4, -0.2) is 12.4 Å². The van der Waals surface area contributed by atoms with Crippen molar-refractivity contribution >= 4 is 17.4 Å². The van der Waals surface area contributed by atoms with Crippen molar-refractivity contribution in [3.63, 3.8) is 0 Å². The summed E-state index contributed by atoms with van der Waals surface area (Å²) in [6.45, 7) is 0.532. The van der Waals surface area contributed by atoms with Crippen molar-refractivity contribution in [2.45, 2.75) is 18.8 Å². The number of halogens is 2. The third kappa shape index (κ3) is 2.93. The number of ketones is 1. The number of carbonyl (C=O) groups excluding carboxylic acids is 1. The molecule has 1 atom stereocenters. The first-order valence-electron chi connectivity index (χ1n) is 6.83. The molecular formula is C17H14ClFO2. The highest BCUT2D eigenvalue weighted by molar-refractivity contribution is 6.31. The molecule has 0 amide bonds. The summed E-state index contributed by atoms with van der Waals surface area (Å²) < 4.78 is 18.6. The van der Waals surface area contributed by atoms with Gasteiger partial charge in [0, 0.05) is 22.9 Å².